The normalized spacial score (nSPS) is 21.5. The molecule has 1 aliphatic heterocycles. The van der Waals surface area contributed by atoms with Gasteiger partial charge in [-0.3, -0.25) is 9.59 Å². The van der Waals surface area contributed by atoms with Gasteiger partial charge < -0.3 is 18.9 Å². The van der Waals surface area contributed by atoms with Crippen molar-refractivity contribution < 1.29 is 28.5 Å². The van der Waals surface area contributed by atoms with Gasteiger partial charge in [-0.05, 0) is 18.6 Å². The molecule has 0 N–H and O–H groups in total. The minimum atomic E-state index is -0.575. The molecule has 0 aromatic carbocycles. The van der Waals surface area contributed by atoms with Crippen LogP contribution >= 0.6 is 0 Å². The molecule has 6 nitrogen and oxygen atoms in total. The van der Waals surface area contributed by atoms with Crippen molar-refractivity contribution in [3.8, 4) is 0 Å². The van der Waals surface area contributed by atoms with E-state index >= 15 is 0 Å². The molecule has 0 bridgehead atoms. The van der Waals surface area contributed by atoms with Crippen molar-refractivity contribution in [1.82, 2.24) is 0 Å². The summed E-state index contributed by atoms with van der Waals surface area (Å²) in [6.07, 6.45) is 14.6. The molecule has 0 saturated heterocycles. The third kappa shape index (κ3) is 12.1. The summed E-state index contributed by atoms with van der Waals surface area (Å²) in [6.45, 7) is 5.55. The molecule has 1 heterocycles. The summed E-state index contributed by atoms with van der Waals surface area (Å²) in [5, 5.41) is 0. The molecule has 162 valence electrons. The standard InChI is InChI=1S/C22H38O6/c1-4-5-6-7-8-9-10-11-12-13-16-25-22-15-14-20(27-19(3)24)21(28-22)17-26-18(2)23/h14-15,20-22H,4-13,16-17H2,1-3H3/t20-,21+,22?/m0/s1. The molecule has 28 heavy (non-hydrogen) atoms. The fourth-order valence-corrected chi connectivity index (χ4v) is 3.14. The van der Waals surface area contributed by atoms with Crippen molar-refractivity contribution in [1.29, 1.82) is 0 Å². The van der Waals surface area contributed by atoms with Crippen molar-refractivity contribution in [2.24, 2.45) is 0 Å². The van der Waals surface area contributed by atoms with Gasteiger partial charge in [0.05, 0.1) is 6.61 Å². The maximum absolute atomic E-state index is 11.2. The third-order valence-corrected chi connectivity index (χ3v) is 4.67. The zero-order valence-corrected chi connectivity index (χ0v) is 17.8. The first-order chi connectivity index (χ1) is 13.5. The largest absolute Gasteiger partial charge is 0.463 e. The van der Waals surface area contributed by atoms with Gasteiger partial charge in [0, 0.05) is 13.8 Å². The SMILES string of the molecule is CCCCCCCCCCCCOC1C=C[C@H](OC(C)=O)[C@@H](COC(C)=O)O1. The number of ether oxygens (including phenoxy) is 4. The Balaban J connectivity index is 2.16. The number of rotatable bonds is 15. The number of esters is 2. The monoisotopic (exact) mass is 398 g/mol. The number of unbranched alkanes of at least 4 members (excludes halogenated alkanes) is 9. The summed E-state index contributed by atoms with van der Waals surface area (Å²) in [4.78, 5) is 22.3. The second-order valence-corrected chi connectivity index (χ2v) is 7.36. The topological polar surface area (TPSA) is 71.1 Å². The van der Waals surface area contributed by atoms with Gasteiger partial charge in [-0.25, -0.2) is 0 Å². The highest BCUT2D eigenvalue weighted by Crippen LogP contribution is 2.18. The van der Waals surface area contributed by atoms with Gasteiger partial charge >= 0.3 is 11.9 Å². The Labute approximate surface area is 169 Å². The molecule has 1 unspecified atom stereocenters. The zero-order valence-electron chi connectivity index (χ0n) is 17.8. The summed E-state index contributed by atoms with van der Waals surface area (Å²) in [6, 6.07) is 0. The molecule has 0 fully saturated rings. The highest BCUT2D eigenvalue weighted by Gasteiger charge is 2.30. The minimum absolute atomic E-state index is 0.0235. The van der Waals surface area contributed by atoms with Crippen molar-refractivity contribution in [3.05, 3.63) is 12.2 Å². The average Bonchev–Trinajstić information content (AvgIpc) is 2.65. The zero-order chi connectivity index (χ0) is 20.6. The summed E-state index contributed by atoms with van der Waals surface area (Å²) in [5.41, 5.74) is 0. The molecule has 0 amide bonds. The lowest BCUT2D eigenvalue weighted by atomic mass is 10.1. The Hall–Kier alpha value is -1.40. The van der Waals surface area contributed by atoms with Crippen LogP contribution in [0.15, 0.2) is 12.2 Å². The molecule has 0 aromatic rings. The van der Waals surface area contributed by atoms with E-state index in [1.807, 2.05) is 0 Å². The minimum Gasteiger partial charge on any atom is -0.463 e. The summed E-state index contributed by atoms with van der Waals surface area (Å²) in [7, 11) is 0. The van der Waals surface area contributed by atoms with E-state index in [1.54, 1.807) is 12.2 Å². The number of hydrogen-bond donors (Lipinski definition) is 0. The second-order valence-electron chi connectivity index (χ2n) is 7.36. The molecule has 0 radical (unpaired) electrons. The van der Waals surface area contributed by atoms with Crippen LogP contribution in [0.4, 0.5) is 0 Å². The van der Waals surface area contributed by atoms with E-state index < -0.39 is 30.4 Å². The molecule has 0 saturated carbocycles. The number of carbonyl (C=O) groups excluding carboxylic acids is 2. The van der Waals surface area contributed by atoms with Crippen molar-refractivity contribution in [2.75, 3.05) is 13.2 Å². The molecule has 0 aromatic heterocycles. The fraction of sp³-hybridized carbons (Fsp3) is 0.818. The lowest BCUT2D eigenvalue weighted by Gasteiger charge is -2.31. The van der Waals surface area contributed by atoms with Gasteiger partial charge in [-0.15, -0.1) is 0 Å². The average molecular weight is 399 g/mol. The first-order valence-corrected chi connectivity index (χ1v) is 10.8. The molecular weight excluding hydrogens is 360 g/mol. The van der Waals surface area contributed by atoms with E-state index in [1.165, 1.54) is 65.2 Å². The third-order valence-electron chi connectivity index (χ3n) is 4.67. The Morgan fingerprint density at radius 3 is 2.04 bits per heavy atom. The van der Waals surface area contributed by atoms with Crippen LogP contribution in [0.2, 0.25) is 0 Å². The second kappa shape index (κ2) is 15.5. The van der Waals surface area contributed by atoms with Gasteiger partial charge in [-0.1, -0.05) is 64.7 Å². The Morgan fingerprint density at radius 1 is 0.857 bits per heavy atom. The van der Waals surface area contributed by atoms with Gasteiger partial charge in [0.25, 0.3) is 0 Å². The maximum atomic E-state index is 11.2. The molecule has 6 heteroatoms. The van der Waals surface area contributed by atoms with Crippen LogP contribution in [0.1, 0.15) is 85.0 Å². The molecule has 1 aliphatic rings. The van der Waals surface area contributed by atoms with Crippen LogP contribution in [0.5, 0.6) is 0 Å². The quantitative estimate of drug-likeness (QED) is 0.226. The van der Waals surface area contributed by atoms with Crippen LogP contribution < -0.4 is 0 Å². The predicted octanol–water partition coefficient (Wildman–Crippen LogP) is 4.70. The molecule has 3 atom stereocenters. The van der Waals surface area contributed by atoms with E-state index in [0.29, 0.717) is 6.61 Å². The summed E-state index contributed by atoms with van der Waals surface area (Å²) >= 11 is 0. The van der Waals surface area contributed by atoms with Crippen LogP contribution in [0.3, 0.4) is 0 Å². The Kier molecular flexibility index (Phi) is 13.7. The predicted molar refractivity (Wildman–Crippen MR) is 108 cm³/mol. The van der Waals surface area contributed by atoms with Crippen molar-refractivity contribution in [3.63, 3.8) is 0 Å². The first-order valence-electron chi connectivity index (χ1n) is 10.8. The van der Waals surface area contributed by atoms with Crippen molar-refractivity contribution >= 4 is 11.9 Å². The maximum Gasteiger partial charge on any atom is 0.303 e. The molecule has 0 spiro atoms. The van der Waals surface area contributed by atoms with E-state index in [-0.39, 0.29) is 6.61 Å². The van der Waals surface area contributed by atoms with Crippen LogP contribution in [0.25, 0.3) is 0 Å². The smallest absolute Gasteiger partial charge is 0.303 e. The Bertz CT molecular complexity index is 462. The van der Waals surface area contributed by atoms with Gasteiger partial charge in [-0.2, -0.15) is 0 Å². The van der Waals surface area contributed by atoms with Crippen molar-refractivity contribution in [2.45, 2.75) is 103 Å². The highest BCUT2D eigenvalue weighted by molar-refractivity contribution is 5.66. The van der Waals surface area contributed by atoms with Crippen LogP contribution in [-0.4, -0.2) is 43.7 Å². The van der Waals surface area contributed by atoms with Crippen LogP contribution in [-0.2, 0) is 28.5 Å². The summed E-state index contributed by atoms with van der Waals surface area (Å²) in [5.74, 6) is -0.807. The molecule has 0 aliphatic carbocycles. The van der Waals surface area contributed by atoms with Crippen LogP contribution in [0, 0.1) is 0 Å². The number of hydrogen-bond acceptors (Lipinski definition) is 6. The first kappa shape index (κ1) is 24.6. The summed E-state index contributed by atoms with van der Waals surface area (Å²) < 4.78 is 21.7. The van der Waals surface area contributed by atoms with E-state index in [2.05, 4.69) is 6.92 Å². The Morgan fingerprint density at radius 2 is 1.46 bits per heavy atom. The van der Waals surface area contributed by atoms with Gasteiger partial charge in [0.2, 0.25) is 0 Å². The van der Waals surface area contributed by atoms with Gasteiger partial charge in [0.1, 0.15) is 18.8 Å². The lowest BCUT2D eigenvalue weighted by molar-refractivity contribution is -0.197. The highest BCUT2D eigenvalue weighted by atomic mass is 16.7. The lowest BCUT2D eigenvalue weighted by Crippen LogP contribution is -2.42. The number of carbonyl (C=O) groups is 2. The molecular formula is C22H38O6. The van der Waals surface area contributed by atoms with E-state index in [9.17, 15) is 9.59 Å². The molecule has 1 rings (SSSR count). The fourth-order valence-electron chi connectivity index (χ4n) is 3.14. The van der Waals surface area contributed by atoms with E-state index in [0.717, 1.165) is 12.8 Å². The van der Waals surface area contributed by atoms with Gasteiger partial charge in [0.15, 0.2) is 6.29 Å². The van der Waals surface area contributed by atoms with E-state index in [4.69, 9.17) is 18.9 Å².